The third-order valence-electron chi connectivity index (χ3n) is 5.03. The lowest BCUT2D eigenvalue weighted by Crippen LogP contribution is -2.36. The van der Waals surface area contributed by atoms with E-state index in [1.54, 1.807) is 48.5 Å². The van der Waals surface area contributed by atoms with Crippen molar-refractivity contribution in [2.45, 2.75) is 0 Å². The second-order valence-electron chi connectivity index (χ2n) is 7.11. The summed E-state index contributed by atoms with van der Waals surface area (Å²) in [5, 5.41) is 6.25. The van der Waals surface area contributed by atoms with Gasteiger partial charge in [-0.1, -0.05) is 23.7 Å². The molecule has 3 aromatic carbocycles. The highest BCUT2D eigenvalue weighted by Crippen LogP contribution is 2.22. The third-order valence-corrected chi connectivity index (χ3v) is 5.28. The summed E-state index contributed by atoms with van der Waals surface area (Å²) in [7, 11) is 0. The second kappa shape index (κ2) is 9.64. The molecule has 2 amide bonds. The Labute approximate surface area is 185 Å². The molecule has 1 fully saturated rings. The number of halogens is 1. The van der Waals surface area contributed by atoms with Crippen LogP contribution in [0.1, 0.15) is 20.7 Å². The van der Waals surface area contributed by atoms with Crippen molar-refractivity contribution in [3.63, 3.8) is 0 Å². The van der Waals surface area contributed by atoms with E-state index in [2.05, 4.69) is 15.5 Å². The largest absolute Gasteiger partial charge is 0.378 e. The molecule has 2 N–H and O–H groups in total. The number of nitrogens with zero attached hydrogens (tertiary/aromatic N) is 1. The topological polar surface area (TPSA) is 70.7 Å². The fraction of sp³-hybridized carbons (Fsp3) is 0.167. The summed E-state index contributed by atoms with van der Waals surface area (Å²) in [6, 6.07) is 21.2. The van der Waals surface area contributed by atoms with Crippen LogP contribution in [0.5, 0.6) is 0 Å². The average molecular weight is 436 g/mol. The molecule has 6 nitrogen and oxygen atoms in total. The third kappa shape index (κ3) is 5.23. The van der Waals surface area contributed by atoms with E-state index in [0.29, 0.717) is 27.5 Å². The number of ether oxygens (including phenoxy) is 1. The van der Waals surface area contributed by atoms with Gasteiger partial charge in [0.15, 0.2) is 0 Å². The van der Waals surface area contributed by atoms with Crippen molar-refractivity contribution in [2.24, 2.45) is 0 Å². The number of benzene rings is 3. The van der Waals surface area contributed by atoms with Gasteiger partial charge in [-0.25, -0.2) is 0 Å². The van der Waals surface area contributed by atoms with E-state index in [0.717, 1.165) is 32.0 Å². The van der Waals surface area contributed by atoms with Crippen LogP contribution in [0, 0.1) is 0 Å². The molecule has 0 aromatic heterocycles. The van der Waals surface area contributed by atoms with E-state index >= 15 is 0 Å². The quantitative estimate of drug-likeness (QED) is 0.610. The Morgan fingerprint density at radius 2 is 1.48 bits per heavy atom. The summed E-state index contributed by atoms with van der Waals surface area (Å²) in [6.07, 6.45) is 0. The van der Waals surface area contributed by atoms with Crippen LogP contribution in [0.15, 0.2) is 72.8 Å². The van der Waals surface area contributed by atoms with E-state index in [-0.39, 0.29) is 11.8 Å². The van der Waals surface area contributed by atoms with Gasteiger partial charge in [0.1, 0.15) is 0 Å². The molecule has 31 heavy (non-hydrogen) atoms. The van der Waals surface area contributed by atoms with E-state index in [9.17, 15) is 9.59 Å². The van der Waals surface area contributed by atoms with Crippen LogP contribution >= 0.6 is 11.6 Å². The maximum Gasteiger partial charge on any atom is 0.257 e. The Bertz CT molecular complexity index is 1060. The minimum atomic E-state index is -0.313. The van der Waals surface area contributed by atoms with E-state index < -0.39 is 0 Å². The van der Waals surface area contributed by atoms with Crippen molar-refractivity contribution in [3.8, 4) is 0 Å². The van der Waals surface area contributed by atoms with Crippen LogP contribution in [0.25, 0.3) is 0 Å². The van der Waals surface area contributed by atoms with Crippen molar-refractivity contribution >= 4 is 40.5 Å². The lowest BCUT2D eigenvalue weighted by molar-refractivity contribution is 0.102. The van der Waals surface area contributed by atoms with Gasteiger partial charge in [-0.2, -0.15) is 0 Å². The summed E-state index contributed by atoms with van der Waals surface area (Å²) in [4.78, 5) is 27.7. The molecule has 3 aromatic rings. The van der Waals surface area contributed by atoms with Gasteiger partial charge < -0.3 is 20.3 Å². The van der Waals surface area contributed by atoms with E-state index in [1.807, 2.05) is 24.3 Å². The zero-order chi connectivity index (χ0) is 21.6. The first-order valence-corrected chi connectivity index (χ1v) is 10.4. The number of rotatable bonds is 5. The minimum Gasteiger partial charge on any atom is -0.378 e. The van der Waals surface area contributed by atoms with Gasteiger partial charge in [0.2, 0.25) is 0 Å². The van der Waals surface area contributed by atoms with Crippen molar-refractivity contribution in [3.05, 3.63) is 88.9 Å². The number of hydrogen-bond donors (Lipinski definition) is 2. The summed E-state index contributed by atoms with van der Waals surface area (Å²) < 4.78 is 5.38. The number of anilines is 3. The van der Waals surface area contributed by atoms with Crippen LogP contribution in [-0.2, 0) is 4.74 Å². The Hall–Kier alpha value is -3.35. The molecule has 1 heterocycles. The Balaban J connectivity index is 1.45. The lowest BCUT2D eigenvalue weighted by atomic mass is 10.1. The molecule has 1 saturated heterocycles. The monoisotopic (exact) mass is 435 g/mol. The predicted octanol–water partition coefficient (Wildman–Crippen LogP) is 4.68. The smallest absolute Gasteiger partial charge is 0.257 e. The minimum absolute atomic E-state index is 0.300. The molecule has 0 bridgehead atoms. The number of nitrogens with one attached hydrogen (secondary N) is 2. The fourth-order valence-electron chi connectivity index (χ4n) is 3.36. The van der Waals surface area contributed by atoms with Crippen molar-refractivity contribution in [1.29, 1.82) is 0 Å². The predicted molar refractivity (Wildman–Crippen MR) is 123 cm³/mol. The van der Waals surface area contributed by atoms with Gasteiger partial charge in [0.25, 0.3) is 11.8 Å². The molecule has 0 spiro atoms. The summed E-state index contributed by atoms with van der Waals surface area (Å²) in [6.45, 7) is 3.15. The highest BCUT2D eigenvalue weighted by Gasteiger charge is 2.15. The van der Waals surface area contributed by atoms with Crippen LogP contribution in [0.2, 0.25) is 5.02 Å². The second-order valence-corrected chi connectivity index (χ2v) is 7.54. The highest BCUT2D eigenvalue weighted by atomic mass is 35.5. The summed E-state index contributed by atoms with van der Waals surface area (Å²) >= 11 is 5.88. The molecule has 0 unspecified atom stereocenters. The molecule has 0 saturated carbocycles. The van der Waals surface area contributed by atoms with Crippen LogP contribution in [-0.4, -0.2) is 38.1 Å². The number of morpholine rings is 1. The average Bonchev–Trinajstić information content (AvgIpc) is 2.81. The first kappa shape index (κ1) is 20.9. The summed E-state index contributed by atoms with van der Waals surface area (Å²) in [5.41, 5.74) is 3.04. The van der Waals surface area contributed by atoms with E-state index in [1.165, 1.54) is 0 Å². The Morgan fingerprint density at radius 1 is 0.806 bits per heavy atom. The van der Waals surface area contributed by atoms with Gasteiger partial charge in [-0.3, -0.25) is 9.59 Å². The molecule has 158 valence electrons. The van der Waals surface area contributed by atoms with Gasteiger partial charge in [0, 0.05) is 35.1 Å². The molecular weight excluding hydrogens is 414 g/mol. The van der Waals surface area contributed by atoms with Crippen molar-refractivity contribution in [2.75, 3.05) is 41.8 Å². The first-order valence-electron chi connectivity index (χ1n) is 10.0. The lowest BCUT2D eigenvalue weighted by Gasteiger charge is -2.28. The van der Waals surface area contributed by atoms with Crippen LogP contribution in [0.3, 0.4) is 0 Å². The maximum absolute atomic E-state index is 12.9. The zero-order valence-corrected chi connectivity index (χ0v) is 17.6. The molecule has 0 atom stereocenters. The first-order chi connectivity index (χ1) is 15.1. The maximum atomic E-state index is 12.9. The number of para-hydroxylation sites is 1. The molecule has 0 radical (unpaired) electrons. The fourth-order valence-corrected chi connectivity index (χ4v) is 3.49. The zero-order valence-electron chi connectivity index (χ0n) is 16.8. The van der Waals surface area contributed by atoms with Gasteiger partial charge in [-0.15, -0.1) is 0 Å². The molecule has 0 aliphatic carbocycles. The molecule has 7 heteroatoms. The van der Waals surface area contributed by atoms with Gasteiger partial charge in [-0.05, 0) is 60.7 Å². The molecule has 1 aliphatic rings. The molecule has 4 rings (SSSR count). The van der Waals surface area contributed by atoms with Crippen LogP contribution < -0.4 is 15.5 Å². The van der Waals surface area contributed by atoms with E-state index in [4.69, 9.17) is 16.3 Å². The summed E-state index contributed by atoms with van der Waals surface area (Å²) in [5.74, 6) is -0.613. The number of amides is 2. The van der Waals surface area contributed by atoms with Gasteiger partial charge in [0.05, 0.1) is 24.5 Å². The standard InChI is InChI=1S/C24H22ClN3O3/c25-18-7-5-17(6-8-18)23(29)27-22-4-2-1-3-21(22)24(30)26-19-9-11-20(12-10-19)28-13-15-31-16-14-28/h1-12H,13-16H2,(H,26,30)(H,27,29). The van der Waals surface area contributed by atoms with Crippen molar-refractivity contribution in [1.82, 2.24) is 0 Å². The normalized spacial score (nSPS) is 13.5. The number of hydrogen-bond acceptors (Lipinski definition) is 4. The molecular formula is C24H22ClN3O3. The highest BCUT2D eigenvalue weighted by molar-refractivity contribution is 6.30. The molecule has 1 aliphatic heterocycles. The number of carbonyl (C=O) groups is 2. The Morgan fingerprint density at radius 3 is 2.19 bits per heavy atom. The number of carbonyl (C=O) groups excluding carboxylic acids is 2. The van der Waals surface area contributed by atoms with Crippen molar-refractivity contribution < 1.29 is 14.3 Å². The van der Waals surface area contributed by atoms with Crippen LogP contribution in [0.4, 0.5) is 17.1 Å². The Kier molecular flexibility index (Phi) is 6.50. The SMILES string of the molecule is O=C(Nc1ccccc1C(=O)Nc1ccc(N2CCOCC2)cc1)c1ccc(Cl)cc1. The van der Waals surface area contributed by atoms with Gasteiger partial charge >= 0.3 is 0 Å².